The Morgan fingerprint density at radius 3 is 2.32 bits per heavy atom. The summed E-state index contributed by atoms with van der Waals surface area (Å²) < 4.78 is 15.9. The van der Waals surface area contributed by atoms with E-state index in [1.54, 1.807) is 27.4 Å². The second-order valence-electron chi connectivity index (χ2n) is 4.76. The van der Waals surface area contributed by atoms with Gasteiger partial charge in [0.2, 0.25) is 0 Å². The third-order valence-electron chi connectivity index (χ3n) is 3.60. The van der Waals surface area contributed by atoms with Crippen LogP contribution in [0.1, 0.15) is 24.8 Å². The lowest BCUT2D eigenvalue weighted by Crippen LogP contribution is -2.14. The molecule has 0 amide bonds. The van der Waals surface area contributed by atoms with Crippen LogP contribution in [0.25, 0.3) is 0 Å². The van der Waals surface area contributed by atoms with Crippen LogP contribution in [-0.4, -0.2) is 32.4 Å². The number of benzene rings is 1. The van der Waals surface area contributed by atoms with Gasteiger partial charge in [0.15, 0.2) is 11.5 Å². The van der Waals surface area contributed by atoms with Gasteiger partial charge in [0, 0.05) is 17.0 Å². The highest BCUT2D eigenvalue weighted by atomic mass is 16.5. The van der Waals surface area contributed by atoms with Gasteiger partial charge < -0.3 is 19.3 Å². The van der Waals surface area contributed by atoms with Gasteiger partial charge in [0.05, 0.1) is 27.8 Å². The average molecular weight is 266 g/mol. The molecule has 104 valence electrons. The van der Waals surface area contributed by atoms with Crippen molar-refractivity contribution in [1.29, 1.82) is 0 Å². The molecule has 1 fully saturated rings. The molecule has 0 aromatic heterocycles. The molecule has 5 heteroatoms. The summed E-state index contributed by atoms with van der Waals surface area (Å²) in [6, 6.07) is 3.58. The Balaban J connectivity index is 2.51. The highest BCUT2D eigenvalue weighted by molar-refractivity contribution is 5.71. The molecule has 1 aliphatic rings. The summed E-state index contributed by atoms with van der Waals surface area (Å²) in [6.07, 6.45) is 1.78. The highest BCUT2D eigenvalue weighted by Crippen LogP contribution is 2.56. The molecule has 0 spiro atoms. The molecule has 1 saturated carbocycles. The highest BCUT2D eigenvalue weighted by Gasteiger charge is 2.48. The van der Waals surface area contributed by atoms with Crippen molar-refractivity contribution < 1.29 is 24.1 Å². The third-order valence-corrected chi connectivity index (χ3v) is 3.60. The maximum atomic E-state index is 11.0. The zero-order chi connectivity index (χ0) is 14.0. The molecule has 1 N–H and O–H groups in total. The van der Waals surface area contributed by atoms with Gasteiger partial charge in [-0.3, -0.25) is 4.79 Å². The van der Waals surface area contributed by atoms with Gasteiger partial charge in [-0.25, -0.2) is 0 Å². The van der Waals surface area contributed by atoms with Crippen molar-refractivity contribution in [2.24, 2.45) is 0 Å². The second-order valence-corrected chi connectivity index (χ2v) is 4.76. The zero-order valence-corrected chi connectivity index (χ0v) is 11.4. The zero-order valence-electron chi connectivity index (χ0n) is 11.4. The molecule has 0 heterocycles. The summed E-state index contributed by atoms with van der Waals surface area (Å²) in [6.45, 7) is 0. The quantitative estimate of drug-likeness (QED) is 0.855. The van der Waals surface area contributed by atoms with Crippen LogP contribution in [0.15, 0.2) is 12.1 Å². The number of carbonyl (C=O) groups is 1. The van der Waals surface area contributed by atoms with Crippen molar-refractivity contribution in [3.8, 4) is 17.2 Å². The number of ether oxygens (including phenoxy) is 3. The van der Waals surface area contributed by atoms with E-state index in [0.29, 0.717) is 17.2 Å². The largest absolute Gasteiger partial charge is 0.497 e. The minimum absolute atomic E-state index is 0.0969. The molecule has 0 bridgehead atoms. The van der Waals surface area contributed by atoms with Gasteiger partial charge in [-0.2, -0.15) is 0 Å². The van der Waals surface area contributed by atoms with Crippen molar-refractivity contribution in [1.82, 2.24) is 0 Å². The molecule has 1 aliphatic carbocycles. The fourth-order valence-electron chi connectivity index (χ4n) is 2.43. The SMILES string of the molecule is COc1cc(OC)c(OC)c(C2(CC(=O)O)CC2)c1. The maximum absolute atomic E-state index is 11.0. The monoisotopic (exact) mass is 266 g/mol. The Kier molecular flexibility index (Phi) is 3.55. The molecular weight excluding hydrogens is 248 g/mol. The molecule has 5 nitrogen and oxygen atoms in total. The van der Waals surface area contributed by atoms with Crippen LogP contribution in [0.5, 0.6) is 17.2 Å². The summed E-state index contributed by atoms with van der Waals surface area (Å²) in [5, 5.41) is 9.06. The predicted molar refractivity (Wildman–Crippen MR) is 69.3 cm³/mol. The number of hydrogen-bond acceptors (Lipinski definition) is 4. The third kappa shape index (κ3) is 2.45. The van der Waals surface area contributed by atoms with Crippen LogP contribution < -0.4 is 14.2 Å². The van der Waals surface area contributed by atoms with Gasteiger partial charge in [-0.05, 0) is 18.9 Å². The molecule has 0 saturated heterocycles. The van der Waals surface area contributed by atoms with Crippen molar-refractivity contribution in [2.45, 2.75) is 24.7 Å². The number of rotatable bonds is 6. The Bertz CT molecular complexity index is 491. The van der Waals surface area contributed by atoms with E-state index in [4.69, 9.17) is 19.3 Å². The van der Waals surface area contributed by atoms with E-state index in [9.17, 15) is 4.79 Å². The molecule has 0 radical (unpaired) electrons. The van der Waals surface area contributed by atoms with E-state index in [0.717, 1.165) is 18.4 Å². The van der Waals surface area contributed by atoms with Crippen LogP contribution in [0.2, 0.25) is 0 Å². The first kappa shape index (κ1) is 13.5. The number of carboxylic acids is 1. The van der Waals surface area contributed by atoms with E-state index < -0.39 is 5.97 Å². The van der Waals surface area contributed by atoms with Gasteiger partial charge >= 0.3 is 5.97 Å². The molecule has 2 rings (SSSR count). The predicted octanol–water partition coefficient (Wildman–Crippen LogP) is 2.22. The van der Waals surface area contributed by atoms with Gasteiger partial charge in [-0.15, -0.1) is 0 Å². The van der Waals surface area contributed by atoms with E-state index in [1.165, 1.54) is 0 Å². The van der Waals surface area contributed by atoms with Crippen molar-refractivity contribution in [2.75, 3.05) is 21.3 Å². The lowest BCUT2D eigenvalue weighted by atomic mass is 9.91. The number of methoxy groups -OCH3 is 3. The van der Waals surface area contributed by atoms with Crippen LogP contribution in [0, 0.1) is 0 Å². The van der Waals surface area contributed by atoms with Gasteiger partial charge in [-0.1, -0.05) is 0 Å². The maximum Gasteiger partial charge on any atom is 0.304 e. The van der Waals surface area contributed by atoms with Crippen LogP contribution >= 0.6 is 0 Å². The Morgan fingerprint density at radius 1 is 1.21 bits per heavy atom. The summed E-state index contributed by atoms with van der Waals surface area (Å²) in [5.41, 5.74) is 0.507. The number of hydrogen-bond donors (Lipinski definition) is 1. The summed E-state index contributed by atoms with van der Waals surface area (Å²) in [7, 11) is 4.68. The Labute approximate surface area is 112 Å². The second kappa shape index (κ2) is 4.99. The molecule has 0 atom stereocenters. The average Bonchev–Trinajstić information content (AvgIpc) is 3.16. The molecule has 0 unspecified atom stereocenters. The van der Waals surface area contributed by atoms with E-state index in [2.05, 4.69) is 0 Å². The molecule has 1 aromatic carbocycles. The molecule has 0 aliphatic heterocycles. The number of aliphatic carboxylic acids is 1. The topological polar surface area (TPSA) is 65.0 Å². The fraction of sp³-hybridized carbons (Fsp3) is 0.500. The molecular formula is C14H18O5. The van der Waals surface area contributed by atoms with Crippen molar-refractivity contribution in [3.63, 3.8) is 0 Å². The smallest absolute Gasteiger partial charge is 0.304 e. The lowest BCUT2D eigenvalue weighted by Gasteiger charge is -2.20. The fourth-order valence-corrected chi connectivity index (χ4v) is 2.43. The minimum Gasteiger partial charge on any atom is -0.497 e. The summed E-state index contributed by atoms with van der Waals surface area (Å²) >= 11 is 0. The first-order valence-corrected chi connectivity index (χ1v) is 6.08. The summed E-state index contributed by atoms with van der Waals surface area (Å²) in [5.74, 6) is 1.00. The van der Waals surface area contributed by atoms with E-state index in [-0.39, 0.29) is 11.8 Å². The van der Waals surface area contributed by atoms with Crippen LogP contribution in [0.3, 0.4) is 0 Å². The van der Waals surface area contributed by atoms with E-state index >= 15 is 0 Å². The van der Waals surface area contributed by atoms with E-state index in [1.807, 2.05) is 6.07 Å². The van der Waals surface area contributed by atoms with Crippen LogP contribution in [-0.2, 0) is 10.2 Å². The first-order valence-electron chi connectivity index (χ1n) is 6.08. The molecule has 19 heavy (non-hydrogen) atoms. The normalized spacial score (nSPS) is 15.7. The Hall–Kier alpha value is -1.91. The minimum atomic E-state index is -0.804. The van der Waals surface area contributed by atoms with Gasteiger partial charge in [0.1, 0.15) is 5.75 Å². The first-order chi connectivity index (χ1) is 9.06. The van der Waals surface area contributed by atoms with Crippen molar-refractivity contribution >= 4 is 5.97 Å². The van der Waals surface area contributed by atoms with Crippen LogP contribution in [0.4, 0.5) is 0 Å². The Morgan fingerprint density at radius 2 is 1.89 bits per heavy atom. The standard InChI is InChI=1S/C14H18O5/c1-17-9-6-10(13(19-3)11(7-9)18-2)14(4-5-14)8-12(15)16/h6-7H,4-5,8H2,1-3H3,(H,15,16). The van der Waals surface area contributed by atoms with Gasteiger partial charge in [0.25, 0.3) is 0 Å². The molecule has 1 aromatic rings. The lowest BCUT2D eigenvalue weighted by molar-refractivity contribution is -0.137. The number of carboxylic acid groups (broad SMARTS) is 1. The summed E-state index contributed by atoms with van der Waals surface area (Å²) in [4.78, 5) is 11.0. The van der Waals surface area contributed by atoms with Crippen molar-refractivity contribution in [3.05, 3.63) is 17.7 Å².